The van der Waals surface area contributed by atoms with Gasteiger partial charge < -0.3 is 184 Å². The standard InChI is InChI=1S/C49H75NO37/c51-5-15-36-23(61)30(68)45(76-15)84-38-17(7-53)78-47(32(70)25(38)63)86-40-19(9-55)80-49(34(72)27(40)65)87-41-20(10-56)79-48(33(71)26(41)64)85-39-18(8-54)77-46(31(69)24(39)62)83-37-16(6-52)75-44(29(67)22(37)60)81-35-14(74-43(82-36)28(66)21(35)59)4-50-42(73)11-1-2-12(57)13(58)3-11/h1-3,14-41,43-49,51-72H,4-10H2,(H,50,73)/t14-,15-,16-,17-,18-,19-,20-,21-,22-,23-,24-,25-,26-,27-,28-,29-,30-,31-,32-,33-,34-,35-,36-,37-,38-,39-,40-,41-,43-,44-,45-,46-,47-,48-,49-/m1/s1. The van der Waals surface area contributed by atoms with Crippen molar-refractivity contribution in [2.45, 2.75) is 215 Å². The van der Waals surface area contributed by atoms with Gasteiger partial charge in [-0.2, -0.15) is 0 Å². The predicted molar refractivity (Wildman–Crippen MR) is 263 cm³/mol. The highest BCUT2D eigenvalue weighted by molar-refractivity contribution is 5.94. The molecule has 0 unspecified atom stereocenters. The third-order valence-corrected chi connectivity index (χ3v) is 16.3. The van der Waals surface area contributed by atoms with E-state index in [4.69, 9.17) is 66.3 Å². The summed E-state index contributed by atoms with van der Waals surface area (Å²) in [6.07, 6.45) is -72.3. The fourth-order valence-corrected chi connectivity index (χ4v) is 11.4. The molecule has 21 aliphatic heterocycles. The number of carbonyl (C=O) groups is 1. The minimum Gasteiger partial charge on any atom is -0.504 e. The van der Waals surface area contributed by atoms with E-state index < -0.39 is 279 Å². The Morgan fingerprint density at radius 1 is 0.299 bits per heavy atom. The number of aliphatic hydroxyl groups excluding tert-OH is 20. The summed E-state index contributed by atoms with van der Waals surface area (Å²) in [4.78, 5) is 13.4. The number of hydrogen-bond acceptors (Lipinski definition) is 37. The van der Waals surface area contributed by atoms with Crippen LogP contribution in [0.2, 0.25) is 0 Å². The molecule has 21 aliphatic rings. The summed E-state index contributed by atoms with van der Waals surface area (Å²) in [6, 6.07) is 2.94. The maximum atomic E-state index is 13.4. The molecule has 14 bridgehead atoms. The Bertz CT molecular complexity index is 2360. The van der Waals surface area contributed by atoms with Crippen molar-refractivity contribution in [1.82, 2.24) is 5.32 Å². The van der Waals surface area contributed by atoms with Gasteiger partial charge in [0.2, 0.25) is 0 Å². The number of hydrogen-bond donors (Lipinski definition) is 23. The van der Waals surface area contributed by atoms with Crippen molar-refractivity contribution in [3.63, 3.8) is 0 Å². The lowest BCUT2D eigenvalue weighted by atomic mass is 9.95. The second-order valence-electron chi connectivity index (χ2n) is 21.9. The molecule has 38 heteroatoms. The number of rotatable bonds is 9. The van der Waals surface area contributed by atoms with E-state index in [1.54, 1.807) is 0 Å². The molecule has 0 saturated carbocycles. The molecular formula is C49H75NO37. The van der Waals surface area contributed by atoms with E-state index in [-0.39, 0.29) is 5.56 Å². The van der Waals surface area contributed by atoms with Crippen molar-refractivity contribution >= 4 is 5.91 Å². The molecule has 1 amide bonds. The Kier molecular flexibility index (Phi) is 22.6. The number of aromatic hydroxyl groups is 2. The van der Waals surface area contributed by atoms with Crippen molar-refractivity contribution in [3.8, 4) is 11.5 Å². The van der Waals surface area contributed by atoms with E-state index >= 15 is 0 Å². The van der Waals surface area contributed by atoms with Gasteiger partial charge in [0, 0.05) is 12.1 Å². The Labute approximate surface area is 490 Å². The zero-order valence-corrected chi connectivity index (χ0v) is 45.4. The lowest BCUT2D eigenvalue weighted by Gasteiger charge is -2.50. The zero-order valence-electron chi connectivity index (χ0n) is 45.4. The molecule has 23 N–H and O–H groups in total. The molecule has 0 spiro atoms. The first-order valence-electron chi connectivity index (χ1n) is 27.5. The normalized spacial score (nSPS) is 50.2. The van der Waals surface area contributed by atoms with Gasteiger partial charge in [0.15, 0.2) is 55.5 Å². The summed E-state index contributed by atoms with van der Waals surface area (Å²) < 4.78 is 80.6. The molecule has 0 radical (unpaired) electrons. The average Bonchev–Trinajstić information content (AvgIpc) is 1.10. The second-order valence-corrected chi connectivity index (χ2v) is 21.9. The SMILES string of the molecule is O=C(NC[C@H]1O[C@@H]2O[C@H]3[C@H](O)[C@@H](O)[C@@H](O[C@H]4[C@H](O)[C@@H](O)[C@@H](O[C@H]5[C@H](O)[C@@H](O)[C@@H](O[C@H]6[C@H](O)[C@@H](O)[C@@H](O[C@H]7[C@H](O)[C@@H](O)[C@@H](O[C@H]8[C@H](O)[C@@H](O)[C@@H](O[C@H]1[C@H](O)[C@H]2O)O[C@@H]8CO)O[C@@H]7CO)O[C@@H]6CO)O[C@@H]5CO)O[C@@H]4CO)O[C@@H]3CO)c1ccc(O)c(O)c1. The largest absolute Gasteiger partial charge is 0.504 e. The molecule has 1 aromatic carbocycles. The quantitative estimate of drug-likeness (QED) is 0.102. The summed E-state index contributed by atoms with van der Waals surface area (Å²) in [5.74, 6) is -2.28. The number of benzene rings is 1. The van der Waals surface area contributed by atoms with Crippen LogP contribution < -0.4 is 5.32 Å². The van der Waals surface area contributed by atoms with Crippen LogP contribution in [0, 0.1) is 0 Å². The van der Waals surface area contributed by atoms with Crippen LogP contribution in [-0.4, -0.2) is 379 Å². The van der Waals surface area contributed by atoms with Crippen molar-refractivity contribution in [2.24, 2.45) is 0 Å². The molecule has 38 nitrogen and oxygen atoms in total. The maximum absolute atomic E-state index is 13.4. The monoisotopic (exact) mass is 1270 g/mol. The van der Waals surface area contributed by atoms with Crippen LogP contribution in [0.1, 0.15) is 10.4 Å². The Morgan fingerprint density at radius 3 is 0.713 bits per heavy atom. The van der Waals surface area contributed by atoms with Crippen molar-refractivity contribution < 1.29 is 183 Å². The van der Waals surface area contributed by atoms with Crippen LogP contribution in [0.4, 0.5) is 0 Å². The number of phenolic OH excluding ortho intramolecular Hbond substituents is 2. The Balaban J connectivity index is 1.02. The highest BCUT2D eigenvalue weighted by Crippen LogP contribution is 2.39. The molecule has 35 atom stereocenters. The maximum Gasteiger partial charge on any atom is 0.251 e. The van der Waals surface area contributed by atoms with Crippen LogP contribution in [0.5, 0.6) is 11.5 Å². The molecule has 21 heterocycles. The second kappa shape index (κ2) is 28.8. The number of aliphatic hydroxyl groups is 20. The number of ether oxygens (including phenoxy) is 14. The van der Waals surface area contributed by atoms with Gasteiger partial charge in [-0.15, -0.1) is 0 Å². The molecule has 0 aromatic heterocycles. The van der Waals surface area contributed by atoms with E-state index in [2.05, 4.69) is 5.32 Å². The minimum atomic E-state index is -2.31. The summed E-state index contributed by atoms with van der Waals surface area (Å²) >= 11 is 0. The van der Waals surface area contributed by atoms with E-state index in [0.717, 1.165) is 18.2 Å². The summed E-state index contributed by atoms with van der Waals surface area (Å²) in [7, 11) is 0. The molecular weight excluding hydrogens is 1190 g/mol. The van der Waals surface area contributed by atoms with Gasteiger partial charge in [0.1, 0.15) is 171 Å². The lowest BCUT2D eigenvalue weighted by molar-refractivity contribution is -0.396. The molecule has 21 fully saturated rings. The van der Waals surface area contributed by atoms with Gasteiger partial charge in [-0.05, 0) is 18.2 Å². The smallest absolute Gasteiger partial charge is 0.251 e. The molecule has 498 valence electrons. The first-order valence-corrected chi connectivity index (χ1v) is 27.5. The molecule has 87 heavy (non-hydrogen) atoms. The third kappa shape index (κ3) is 13.7. The average molecular weight is 1270 g/mol. The van der Waals surface area contributed by atoms with Crippen molar-refractivity contribution in [2.75, 3.05) is 46.2 Å². The Hall–Kier alpha value is -3.07. The predicted octanol–water partition coefficient (Wildman–Crippen LogP) is -14.4. The number of carbonyl (C=O) groups excluding carboxylic acids is 1. The molecule has 21 saturated heterocycles. The molecule has 0 aliphatic carbocycles. The Morgan fingerprint density at radius 2 is 0.506 bits per heavy atom. The first kappa shape index (κ1) is 68.3. The highest BCUT2D eigenvalue weighted by atomic mass is 16.8. The van der Waals surface area contributed by atoms with E-state index in [1.165, 1.54) is 0 Å². The van der Waals surface area contributed by atoms with Gasteiger partial charge in [0.25, 0.3) is 5.91 Å². The van der Waals surface area contributed by atoms with Crippen LogP contribution in [-0.2, 0) is 66.3 Å². The van der Waals surface area contributed by atoms with Gasteiger partial charge in [0.05, 0.1) is 39.6 Å². The van der Waals surface area contributed by atoms with Crippen LogP contribution in [0.3, 0.4) is 0 Å². The van der Waals surface area contributed by atoms with E-state index in [1.807, 2.05) is 0 Å². The van der Waals surface area contributed by atoms with E-state index in [0.29, 0.717) is 0 Å². The van der Waals surface area contributed by atoms with Gasteiger partial charge in [-0.3, -0.25) is 4.79 Å². The highest BCUT2D eigenvalue weighted by Gasteiger charge is 2.59. The molecule has 22 rings (SSSR count). The van der Waals surface area contributed by atoms with Crippen LogP contribution >= 0.6 is 0 Å². The van der Waals surface area contributed by atoms with Gasteiger partial charge >= 0.3 is 0 Å². The van der Waals surface area contributed by atoms with Gasteiger partial charge in [-0.25, -0.2) is 0 Å². The first-order chi connectivity index (χ1) is 41.4. The van der Waals surface area contributed by atoms with Crippen molar-refractivity contribution in [1.29, 1.82) is 0 Å². The summed E-state index contributed by atoms with van der Waals surface area (Å²) in [5.41, 5.74) is -0.253. The third-order valence-electron chi connectivity index (χ3n) is 16.3. The molecule has 1 aromatic rings. The fraction of sp³-hybridized carbons (Fsp3) is 0.857. The number of nitrogens with one attached hydrogen (secondary N) is 1. The fourth-order valence-electron chi connectivity index (χ4n) is 11.4. The topological polar surface area (TPSA) is 603 Å². The number of phenols is 2. The summed E-state index contributed by atoms with van der Waals surface area (Å²) in [5, 5.41) is 245. The van der Waals surface area contributed by atoms with Crippen molar-refractivity contribution in [3.05, 3.63) is 23.8 Å². The minimum absolute atomic E-state index is 0.253. The van der Waals surface area contributed by atoms with Crippen LogP contribution in [0.15, 0.2) is 18.2 Å². The lowest BCUT2D eigenvalue weighted by Crippen LogP contribution is -2.68. The van der Waals surface area contributed by atoms with Gasteiger partial charge in [-0.1, -0.05) is 0 Å². The zero-order chi connectivity index (χ0) is 63.2. The van der Waals surface area contributed by atoms with E-state index in [9.17, 15) is 117 Å². The number of amides is 1. The van der Waals surface area contributed by atoms with Crippen LogP contribution in [0.25, 0.3) is 0 Å². The summed E-state index contributed by atoms with van der Waals surface area (Å²) in [6.45, 7) is -7.28.